The minimum Gasteiger partial charge on any atom is -0.354 e. The quantitative estimate of drug-likeness (QED) is 0.686. The molecular weight excluding hydrogens is 445 g/mol. The summed E-state index contributed by atoms with van der Waals surface area (Å²) in [5.41, 5.74) is 1.92. The van der Waals surface area contributed by atoms with Crippen LogP contribution in [-0.4, -0.2) is 51.9 Å². The average Bonchev–Trinajstić information content (AvgIpc) is 2.81. The van der Waals surface area contributed by atoms with Crippen LogP contribution in [0.15, 0.2) is 36.5 Å². The molecule has 2 aliphatic rings. The summed E-state index contributed by atoms with van der Waals surface area (Å²) in [5.74, 6) is -0.0210. The van der Waals surface area contributed by atoms with Gasteiger partial charge in [0.2, 0.25) is 11.9 Å². The summed E-state index contributed by atoms with van der Waals surface area (Å²) < 4.78 is 13.2. The van der Waals surface area contributed by atoms with Crippen molar-refractivity contribution in [3.05, 3.63) is 58.6 Å². The summed E-state index contributed by atoms with van der Waals surface area (Å²) in [6, 6.07) is 6.01. The Morgan fingerprint density at radius 3 is 2.52 bits per heavy atom. The Bertz CT molecular complexity index is 1050. The van der Waals surface area contributed by atoms with Gasteiger partial charge < -0.3 is 15.5 Å². The zero-order chi connectivity index (χ0) is 23.4. The Hall–Kier alpha value is -3.00. The molecule has 174 valence electrons. The summed E-state index contributed by atoms with van der Waals surface area (Å²) in [5, 5.41) is 6.80. The SMILES string of the molecule is CC(=O)NC1CCC(Nc2ncc(Cl)c(C3=CCCN(C(=O)c4ccc(F)cc4)C3)n2)CC1. The van der Waals surface area contributed by atoms with Crippen LogP contribution in [0.25, 0.3) is 5.57 Å². The molecule has 0 unspecified atom stereocenters. The van der Waals surface area contributed by atoms with Crippen molar-refractivity contribution in [2.24, 2.45) is 0 Å². The van der Waals surface area contributed by atoms with E-state index in [9.17, 15) is 14.0 Å². The number of aromatic nitrogens is 2. The molecule has 2 N–H and O–H groups in total. The fourth-order valence-electron chi connectivity index (χ4n) is 4.38. The Morgan fingerprint density at radius 1 is 1.12 bits per heavy atom. The summed E-state index contributed by atoms with van der Waals surface area (Å²) in [4.78, 5) is 34.8. The molecule has 1 aliphatic heterocycles. The van der Waals surface area contributed by atoms with Crippen molar-refractivity contribution in [1.82, 2.24) is 20.2 Å². The number of hydrogen-bond acceptors (Lipinski definition) is 5. The summed E-state index contributed by atoms with van der Waals surface area (Å²) >= 11 is 6.42. The van der Waals surface area contributed by atoms with Crippen LogP contribution in [0.3, 0.4) is 0 Å². The van der Waals surface area contributed by atoms with E-state index < -0.39 is 0 Å². The molecule has 0 saturated heterocycles. The van der Waals surface area contributed by atoms with Crippen LogP contribution in [0.2, 0.25) is 5.02 Å². The second kappa shape index (κ2) is 10.3. The molecule has 0 bridgehead atoms. The van der Waals surface area contributed by atoms with Crippen molar-refractivity contribution < 1.29 is 14.0 Å². The van der Waals surface area contributed by atoms with Gasteiger partial charge >= 0.3 is 0 Å². The molecule has 0 atom stereocenters. The lowest BCUT2D eigenvalue weighted by Gasteiger charge is -2.30. The fourth-order valence-corrected chi connectivity index (χ4v) is 4.59. The van der Waals surface area contributed by atoms with E-state index in [2.05, 4.69) is 20.6 Å². The third-order valence-corrected chi connectivity index (χ3v) is 6.32. The van der Waals surface area contributed by atoms with Crippen molar-refractivity contribution in [2.45, 2.75) is 51.1 Å². The number of halogens is 2. The third kappa shape index (κ3) is 5.87. The number of anilines is 1. The molecule has 0 spiro atoms. The van der Waals surface area contributed by atoms with Crippen LogP contribution in [0.1, 0.15) is 55.1 Å². The number of benzene rings is 1. The number of amides is 2. The number of carbonyl (C=O) groups is 2. The first-order valence-electron chi connectivity index (χ1n) is 11.2. The lowest BCUT2D eigenvalue weighted by Crippen LogP contribution is -2.39. The molecule has 2 aromatic rings. The van der Waals surface area contributed by atoms with Crippen LogP contribution < -0.4 is 10.6 Å². The Kier molecular flexibility index (Phi) is 7.23. The van der Waals surface area contributed by atoms with Crippen molar-refractivity contribution in [2.75, 3.05) is 18.4 Å². The van der Waals surface area contributed by atoms with Gasteiger partial charge in [-0.3, -0.25) is 9.59 Å². The van der Waals surface area contributed by atoms with Crippen molar-refractivity contribution in [3.63, 3.8) is 0 Å². The topological polar surface area (TPSA) is 87.2 Å². The first-order valence-corrected chi connectivity index (χ1v) is 11.6. The van der Waals surface area contributed by atoms with Crippen molar-refractivity contribution in [1.29, 1.82) is 0 Å². The van der Waals surface area contributed by atoms with E-state index in [-0.39, 0.29) is 29.7 Å². The molecule has 1 aliphatic carbocycles. The lowest BCUT2D eigenvalue weighted by atomic mass is 9.91. The highest BCUT2D eigenvalue weighted by atomic mass is 35.5. The third-order valence-electron chi connectivity index (χ3n) is 6.05. The maximum atomic E-state index is 13.2. The standard InChI is InChI=1S/C24H27ClFN5O2/c1-15(32)28-19-8-10-20(11-9-19)29-24-27-13-21(25)22(30-24)17-3-2-12-31(14-17)23(33)16-4-6-18(26)7-5-16/h3-7,13,19-20H,2,8-12,14H2,1H3,(H,28,32)(H,27,29,30). The van der Waals surface area contributed by atoms with E-state index in [1.54, 1.807) is 18.0 Å². The van der Waals surface area contributed by atoms with Crippen LogP contribution in [0.4, 0.5) is 10.3 Å². The number of nitrogens with zero attached hydrogens (tertiary/aromatic N) is 3. The molecule has 33 heavy (non-hydrogen) atoms. The maximum Gasteiger partial charge on any atom is 0.254 e. The number of nitrogens with one attached hydrogen (secondary N) is 2. The first kappa shape index (κ1) is 23.2. The largest absolute Gasteiger partial charge is 0.354 e. The van der Waals surface area contributed by atoms with E-state index in [0.717, 1.165) is 31.3 Å². The molecule has 1 fully saturated rings. The summed E-state index contributed by atoms with van der Waals surface area (Å²) in [6.07, 6.45) is 7.94. The van der Waals surface area contributed by atoms with Gasteiger partial charge in [0.1, 0.15) is 5.82 Å². The number of carbonyl (C=O) groups excluding carboxylic acids is 2. The molecule has 2 heterocycles. The van der Waals surface area contributed by atoms with Crippen LogP contribution in [-0.2, 0) is 4.79 Å². The molecule has 9 heteroatoms. The van der Waals surface area contributed by atoms with E-state index in [4.69, 9.17) is 11.6 Å². The average molecular weight is 472 g/mol. The normalized spacial score (nSPS) is 20.7. The van der Waals surface area contributed by atoms with Crippen LogP contribution >= 0.6 is 11.6 Å². The van der Waals surface area contributed by atoms with Gasteiger partial charge in [0.05, 0.1) is 16.9 Å². The molecule has 4 rings (SSSR count). The second-order valence-electron chi connectivity index (χ2n) is 8.54. The predicted octanol–water partition coefficient (Wildman–Crippen LogP) is 4.06. The van der Waals surface area contributed by atoms with Crippen molar-refractivity contribution in [3.8, 4) is 0 Å². The van der Waals surface area contributed by atoms with Gasteiger partial charge in [0, 0.05) is 37.7 Å². The fraction of sp³-hybridized carbons (Fsp3) is 0.417. The second-order valence-corrected chi connectivity index (χ2v) is 8.94. The summed E-state index contributed by atoms with van der Waals surface area (Å²) in [6.45, 7) is 2.49. The van der Waals surface area contributed by atoms with E-state index >= 15 is 0 Å². The molecule has 1 saturated carbocycles. The van der Waals surface area contributed by atoms with Gasteiger partial charge in [-0.2, -0.15) is 0 Å². The highest BCUT2D eigenvalue weighted by molar-refractivity contribution is 6.32. The highest BCUT2D eigenvalue weighted by Crippen LogP contribution is 2.28. The Balaban J connectivity index is 1.42. The van der Waals surface area contributed by atoms with Gasteiger partial charge in [0.25, 0.3) is 5.91 Å². The van der Waals surface area contributed by atoms with Gasteiger partial charge in [-0.15, -0.1) is 0 Å². The Labute approximate surface area is 197 Å². The van der Waals surface area contributed by atoms with Gasteiger partial charge in [-0.05, 0) is 61.9 Å². The molecule has 0 radical (unpaired) electrons. The van der Waals surface area contributed by atoms with E-state index in [1.165, 1.54) is 24.3 Å². The molecule has 1 aromatic heterocycles. The predicted molar refractivity (Wildman–Crippen MR) is 125 cm³/mol. The zero-order valence-electron chi connectivity index (χ0n) is 18.5. The van der Waals surface area contributed by atoms with E-state index in [1.807, 2.05) is 6.08 Å². The number of hydrogen-bond donors (Lipinski definition) is 2. The monoisotopic (exact) mass is 471 g/mol. The minimum atomic E-state index is -0.373. The number of rotatable bonds is 5. The molecule has 2 amide bonds. The molecular formula is C24H27ClFN5O2. The van der Waals surface area contributed by atoms with Crippen LogP contribution in [0.5, 0.6) is 0 Å². The van der Waals surface area contributed by atoms with Gasteiger partial charge in [0.15, 0.2) is 0 Å². The molecule has 1 aromatic carbocycles. The van der Waals surface area contributed by atoms with Gasteiger partial charge in [-0.25, -0.2) is 14.4 Å². The van der Waals surface area contributed by atoms with Gasteiger partial charge in [-0.1, -0.05) is 17.7 Å². The minimum absolute atomic E-state index is 0.00444. The smallest absolute Gasteiger partial charge is 0.254 e. The zero-order valence-corrected chi connectivity index (χ0v) is 19.2. The van der Waals surface area contributed by atoms with Crippen molar-refractivity contribution >= 4 is 34.9 Å². The maximum absolute atomic E-state index is 13.2. The van der Waals surface area contributed by atoms with Crippen LogP contribution in [0, 0.1) is 5.82 Å². The first-order chi connectivity index (χ1) is 15.9. The summed E-state index contributed by atoms with van der Waals surface area (Å²) in [7, 11) is 0. The highest BCUT2D eigenvalue weighted by Gasteiger charge is 2.25. The van der Waals surface area contributed by atoms with E-state index in [0.29, 0.717) is 41.7 Å². The Morgan fingerprint density at radius 2 is 1.82 bits per heavy atom. The molecule has 7 nitrogen and oxygen atoms in total. The lowest BCUT2D eigenvalue weighted by molar-refractivity contribution is -0.119.